The summed E-state index contributed by atoms with van der Waals surface area (Å²) in [5, 5.41) is 2.64. The van der Waals surface area contributed by atoms with E-state index in [-0.39, 0.29) is 30.6 Å². The number of carbonyl (C=O) groups is 3. The molecular formula is C13H22N2O4. The normalized spacial score (nSPS) is 14.3. The van der Waals surface area contributed by atoms with Crippen molar-refractivity contribution in [2.24, 2.45) is 0 Å². The molecule has 0 unspecified atom stereocenters. The third kappa shape index (κ3) is 6.22. The van der Waals surface area contributed by atoms with Crippen LogP contribution in [0.5, 0.6) is 0 Å². The number of esters is 1. The van der Waals surface area contributed by atoms with E-state index in [1.165, 1.54) is 0 Å². The van der Waals surface area contributed by atoms with Gasteiger partial charge in [0.2, 0.25) is 11.8 Å². The van der Waals surface area contributed by atoms with Crippen LogP contribution in [0.4, 0.5) is 0 Å². The van der Waals surface area contributed by atoms with Crippen molar-refractivity contribution in [3.05, 3.63) is 0 Å². The van der Waals surface area contributed by atoms with Crippen molar-refractivity contribution in [3.8, 4) is 0 Å². The van der Waals surface area contributed by atoms with Crippen LogP contribution in [-0.4, -0.2) is 48.9 Å². The van der Waals surface area contributed by atoms with Crippen LogP contribution in [-0.2, 0) is 19.1 Å². The Hall–Kier alpha value is -1.59. The zero-order chi connectivity index (χ0) is 14.1. The molecule has 1 aliphatic rings. The molecule has 0 aliphatic carbocycles. The van der Waals surface area contributed by atoms with Gasteiger partial charge in [0.1, 0.15) is 0 Å². The maximum Gasteiger partial charge on any atom is 0.306 e. The predicted octanol–water partition coefficient (Wildman–Crippen LogP) is 0.458. The van der Waals surface area contributed by atoms with Gasteiger partial charge >= 0.3 is 5.97 Å². The van der Waals surface area contributed by atoms with Gasteiger partial charge in [-0.25, -0.2) is 0 Å². The molecule has 1 N–H and O–H groups in total. The largest absolute Gasteiger partial charge is 0.466 e. The van der Waals surface area contributed by atoms with Gasteiger partial charge in [0.05, 0.1) is 13.0 Å². The average Bonchev–Trinajstić information content (AvgIpc) is 2.90. The Bertz CT molecular complexity index is 325. The zero-order valence-corrected chi connectivity index (χ0v) is 11.4. The van der Waals surface area contributed by atoms with E-state index in [1.807, 2.05) is 4.90 Å². The lowest BCUT2D eigenvalue weighted by atomic mass is 10.3. The highest BCUT2D eigenvalue weighted by Crippen LogP contribution is 2.08. The Morgan fingerprint density at radius 3 is 2.42 bits per heavy atom. The first-order valence-corrected chi connectivity index (χ1v) is 6.83. The average molecular weight is 270 g/mol. The van der Waals surface area contributed by atoms with Crippen LogP contribution >= 0.6 is 0 Å². The van der Waals surface area contributed by atoms with Crippen LogP contribution in [0, 0.1) is 0 Å². The first-order chi connectivity index (χ1) is 9.13. The van der Waals surface area contributed by atoms with Crippen LogP contribution < -0.4 is 5.32 Å². The van der Waals surface area contributed by atoms with Crippen molar-refractivity contribution in [1.29, 1.82) is 0 Å². The van der Waals surface area contributed by atoms with Crippen molar-refractivity contribution in [1.82, 2.24) is 10.2 Å². The van der Waals surface area contributed by atoms with E-state index in [0.29, 0.717) is 19.6 Å². The summed E-state index contributed by atoms with van der Waals surface area (Å²) in [6.07, 6.45) is 2.65. The third-order valence-electron chi connectivity index (χ3n) is 2.98. The van der Waals surface area contributed by atoms with Gasteiger partial charge in [0.15, 0.2) is 0 Å². The Labute approximate surface area is 113 Å². The maximum absolute atomic E-state index is 11.7. The molecule has 1 fully saturated rings. The molecular weight excluding hydrogens is 248 g/mol. The van der Waals surface area contributed by atoms with Gasteiger partial charge in [0.25, 0.3) is 0 Å². The fourth-order valence-corrected chi connectivity index (χ4v) is 1.97. The summed E-state index contributed by atoms with van der Waals surface area (Å²) in [4.78, 5) is 36.0. The Kier molecular flexibility index (Phi) is 6.92. The lowest BCUT2D eigenvalue weighted by Gasteiger charge is -2.15. The Balaban J connectivity index is 2.06. The van der Waals surface area contributed by atoms with Crippen molar-refractivity contribution >= 4 is 17.8 Å². The molecule has 1 saturated heterocycles. The summed E-state index contributed by atoms with van der Waals surface area (Å²) in [6.45, 7) is 4.04. The van der Waals surface area contributed by atoms with E-state index in [2.05, 4.69) is 5.32 Å². The van der Waals surface area contributed by atoms with E-state index < -0.39 is 0 Å². The highest BCUT2D eigenvalue weighted by Gasteiger charge is 2.17. The van der Waals surface area contributed by atoms with Crippen molar-refractivity contribution < 1.29 is 19.1 Å². The van der Waals surface area contributed by atoms with Crippen LogP contribution in [0.2, 0.25) is 0 Å². The quantitative estimate of drug-likeness (QED) is 0.682. The van der Waals surface area contributed by atoms with Crippen LogP contribution in [0.3, 0.4) is 0 Å². The van der Waals surface area contributed by atoms with E-state index in [0.717, 1.165) is 25.9 Å². The summed E-state index contributed by atoms with van der Waals surface area (Å²) in [5.74, 6) is -0.503. The fraction of sp³-hybridized carbons (Fsp3) is 0.769. The summed E-state index contributed by atoms with van der Waals surface area (Å²) in [5.41, 5.74) is 0. The zero-order valence-electron chi connectivity index (χ0n) is 11.4. The van der Waals surface area contributed by atoms with Gasteiger partial charge in [-0.2, -0.15) is 0 Å². The molecule has 1 rings (SSSR count). The minimum Gasteiger partial charge on any atom is -0.466 e. The number of carbonyl (C=O) groups excluding carboxylic acids is 3. The number of rotatable bonds is 7. The second-order valence-electron chi connectivity index (χ2n) is 4.49. The topological polar surface area (TPSA) is 75.7 Å². The summed E-state index contributed by atoms with van der Waals surface area (Å²) >= 11 is 0. The second-order valence-corrected chi connectivity index (χ2v) is 4.49. The molecule has 108 valence electrons. The predicted molar refractivity (Wildman–Crippen MR) is 69.3 cm³/mol. The highest BCUT2D eigenvalue weighted by molar-refractivity contribution is 5.82. The fourth-order valence-electron chi connectivity index (χ4n) is 1.97. The van der Waals surface area contributed by atoms with Crippen LogP contribution in [0.1, 0.15) is 39.0 Å². The van der Waals surface area contributed by atoms with Crippen molar-refractivity contribution in [3.63, 3.8) is 0 Å². The van der Waals surface area contributed by atoms with Gasteiger partial charge in [-0.3, -0.25) is 14.4 Å². The molecule has 6 heteroatoms. The van der Waals surface area contributed by atoms with Gasteiger partial charge in [-0.1, -0.05) is 0 Å². The molecule has 0 aromatic heterocycles. The number of nitrogens with one attached hydrogen (secondary N) is 1. The van der Waals surface area contributed by atoms with Gasteiger partial charge in [0, 0.05) is 32.5 Å². The number of likely N-dealkylation sites (tertiary alicyclic amines) is 1. The molecule has 0 saturated carbocycles. The molecule has 1 aliphatic heterocycles. The third-order valence-corrected chi connectivity index (χ3v) is 2.98. The molecule has 0 aromatic rings. The number of nitrogens with zero attached hydrogens (tertiary/aromatic N) is 1. The molecule has 1 heterocycles. The molecule has 19 heavy (non-hydrogen) atoms. The summed E-state index contributed by atoms with van der Waals surface area (Å²) in [6, 6.07) is 0. The molecule has 0 aromatic carbocycles. The molecule has 0 bridgehead atoms. The van der Waals surface area contributed by atoms with E-state index in [1.54, 1.807) is 6.92 Å². The molecule has 0 radical (unpaired) electrons. The monoisotopic (exact) mass is 270 g/mol. The molecule has 6 nitrogen and oxygen atoms in total. The SMILES string of the molecule is CCOC(=O)CCC(=O)NCCC(=O)N1CCCC1. The first-order valence-electron chi connectivity index (χ1n) is 6.83. The lowest BCUT2D eigenvalue weighted by Crippen LogP contribution is -2.32. The second kappa shape index (κ2) is 8.50. The summed E-state index contributed by atoms with van der Waals surface area (Å²) < 4.78 is 4.72. The first kappa shape index (κ1) is 15.5. The van der Waals surface area contributed by atoms with Crippen molar-refractivity contribution in [2.75, 3.05) is 26.2 Å². The van der Waals surface area contributed by atoms with Crippen LogP contribution in [0.15, 0.2) is 0 Å². The van der Waals surface area contributed by atoms with E-state index in [9.17, 15) is 14.4 Å². The minimum absolute atomic E-state index is 0.0831. The van der Waals surface area contributed by atoms with Crippen molar-refractivity contribution in [2.45, 2.75) is 39.0 Å². The lowest BCUT2D eigenvalue weighted by molar-refractivity contribution is -0.144. The number of ether oxygens (including phenoxy) is 1. The van der Waals surface area contributed by atoms with Crippen LogP contribution in [0.25, 0.3) is 0 Å². The molecule has 0 spiro atoms. The maximum atomic E-state index is 11.7. The van der Waals surface area contributed by atoms with Gasteiger partial charge in [-0.05, 0) is 19.8 Å². The molecule has 0 atom stereocenters. The Morgan fingerprint density at radius 2 is 1.79 bits per heavy atom. The Morgan fingerprint density at radius 1 is 1.11 bits per heavy atom. The van der Waals surface area contributed by atoms with Gasteiger partial charge in [-0.15, -0.1) is 0 Å². The number of amides is 2. The highest BCUT2D eigenvalue weighted by atomic mass is 16.5. The minimum atomic E-state index is -0.370. The molecule has 2 amide bonds. The van der Waals surface area contributed by atoms with E-state index >= 15 is 0 Å². The van der Waals surface area contributed by atoms with Gasteiger partial charge < -0.3 is 15.0 Å². The smallest absolute Gasteiger partial charge is 0.306 e. The number of hydrogen-bond acceptors (Lipinski definition) is 4. The van der Waals surface area contributed by atoms with E-state index in [4.69, 9.17) is 4.74 Å². The summed E-state index contributed by atoms with van der Waals surface area (Å²) in [7, 11) is 0. The number of hydrogen-bond donors (Lipinski definition) is 1. The standard InChI is InChI=1S/C13H22N2O4/c1-2-19-13(18)6-5-11(16)14-8-7-12(17)15-9-3-4-10-15/h2-10H2,1H3,(H,14,16).